The van der Waals surface area contributed by atoms with E-state index < -0.39 is 0 Å². The van der Waals surface area contributed by atoms with E-state index in [1.54, 1.807) is 17.4 Å². The van der Waals surface area contributed by atoms with Crippen molar-refractivity contribution in [1.82, 2.24) is 9.97 Å². The number of hydrogen-bond donors (Lipinski definition) is 1. The van der Waals surface area contributed by atoms with Gasteiger partial charge in [-0.15, -0.1) is 11.3 Å². The quantitative estimate of drug-likeness (QED) is 0.559. The van der Waals surface area contributed by atoms with Gasteiger partial charge in [0.05, 0.1) is 25.4 Å². The van der Waals surface area contributed by atoms with Crippen molar-refractivity contribution in [1.29, 1.82) is 0 Å². The van der Waals surface area contributed by atoms with Crippen LogP contribution in [0.25, 0.3) is 20.4 Å². The molecule has 0 aliphatic rings. The highest BCUT2D eigenvalue weighted by atomic mass is 32.1. The first-order chi connectivity index (χ1) is 10.2. The summed E-state index contributed by atoms with van der Waals surface area (Å²) in [5, 5.41) is 5.09. The second-order valence-electron chi connectivity index (χ2n) is 4.67. The smallest absolute Gasteiger partial charge is 0.188 e. The van der Waals surface area contributed by atoms with Gasteiger partial charge in [0.2, 0.25) is 0 Å². The number of benzene rings is 2. The minimum absolute atomic E-state index is 0.237. The van der Waals surface area contributed by atoms with Crippen molar-refractivity contribution in [2.75, 3.05) is 5.32 Å². The maximum Gasteiger partial charge on any atom is 0.188 e. The van der Waals surface area contributed by atoms with Crippen molar-refractivity contribution in [3.05, 3.63) is 47.2 Å². The first-order valence-corrected chi connectivity index (χ1v) is 8.01. The summed E-state index contributed by atoms with van der Waals surface area (Å²) in [5.74, 6) is -0.237. The van der Waals surface area contributed by atoms with E-state index in [-0.39, 0.29) is 5.82 Å². The summed E-state index contributed by atoms with van der Waals surface area (Å²) in [7, 11) is 0. The van der Waals surface area contributed by atoms with E-state index in [0.29, 0.717) is 0 Å². The van der Waals surface area contributed by atoms with E-state index in [1.807, 2.05) is 19.1 Å². The highest BCUT2D eigenvalue weighted by Crippen LogP contribution is 2.31. The zero-order chi connectivity index (χ0) is 14.4. The molecule has 0 spiro atoms. The molecule has 3 nitrogen and oxygen atoms in total. The average Bonchev–Trinajstić information content (AvgIpc) is 2.99. The average molecular weight is 315 g/mol. The Hall–Kier alpha value is -2.05. The molecule has 104 valence electrons. The third-order valence-electron chi connectivity index (χ3n) is 3.10. The maximum absolute atomic E-state index is 13.2. The zero-order valence-electron chi connectivity index (χ0n) is 11.1. The van der Waals surface area contributed by atoms with E-state index in [9.17, 15) is 4.39 Å². The molecule has 2 aromatic carbocycles. The highest BCUT2D eigenvalue weighted by Gasteiger charge is 2.06. The van der Waals surface area contributed by atoms with Gasteiger partial charge in [-0.2, -0.15) is 0 Å². The number of rotatable bonds is 2. The highest BCUT2D eigenvalue weighted by molar-refractivity contribution is 7.22. The lowest BCUT2D eigenvalue weighted by molar-refractivity contribution is 0.630. The molecule has 0 bridgehead atoms. The summed E-state index contributed by atoms with van der Waals surface area (Å²) >= 11 is 3.11. The Morgan fingerprint density at radius 2 is 1.71 bits per heavy atom. The van der Waals surface area contributed by atoms with Crippen molar-refractivity contribution >= 4 is 53.9 Å². The molecule has 6 heteroatoms. The number of anilines is 2. The van der Waals surface area contributed by atoms with Crippen molar-refractivity contribution in [2.45, 2.75) is 6.92 Å². The summed E-state index contributed by atoms with van der Waals surface area (Å²) in [4.78, 5) is 8.90. The van der Waals surface area contributed by atoms with Crippen molar-refractivity contribution in [3.8, 4) is 0 Å². The van der Waals surface area contributed by atoms with E-state index in [0.717, 1.165) is 36.3 Å². The van der Waals surface area contributed by atoms with Crippen LogP contribution in [0.15, 0.2) is 36.4 Å². The molecular weight excluding hydrogens is 305 g/mol. The summed E-state index contributed by atoms with van der Waals surface area (Å²) in [6.07, 6.45) is 0. The number of halogens is 1. The monoisotopic (exact) mass is 315 g/mol. The number of fused-ring (bicyclic) bond motifs is 2. The van der Waals surface area contributed by atoms with Crippen LogP contribution in [0, 0.1) is 12.7 Å². The normalized spacial score (nSPS) is 11.3. The molecule has 1 N–H and O–H groups in total. The van der Waals surface area contributed by atoms with Crippen LogP contribution in [0.5, 0.6) is 0 Å². The van der Waals surface area contributed by atoms with Gasteiger partial charge in [-0.1, -0.05) is 11.3 Å². The van der Waals surface area contributed by atoms with Gasteiger partial charge in [-0.05, 0) is 43.3 Å². The van der Waals surface area contributed by atoms with E-state index in [1.165, 1.54) is 23.5 Å². The largest absolute Gasteiger partial charge is 0.331 e. The van der Waals surface area contributed by atoms with Gasteiger partial charge in [0.25, 0.3) is 0 Å². The second-order valence-corrected chi connectivity index (χ2v) is 6.94. The number of aromatic nitrogens is 2. The number of nitrogens with zero attached hydrogens (tertiary/aromatic N) is 2. The topological polar surface area (TPSA) is 37.8 Å². The second kappa shape index (κ2) is 4.75. The van der Waals surface area contributed by atoms with Gasteiger partial charge < -0.3 is 5.32 Å². The number of nitrogens with one attached hydrogen (secondary N) is 1. The molecule has 4 aromatic rings. The number of aryl methyl sites for hydroxylation is 1. The maximum atomic E-state index is 13.2. The van der Waals surface area contributed by atoms with Gasteiger partial charge in [-0.3, -0.25) is 0 Å². The Morgan fingerprint density at radius 3 is 2.62 bits per heavy atom. The van der Waals surface area contributed by atoms with Crippen molar-refractivity contribution in [3.63, 3.8) is 0 Å². The Kier molecular flexibility index (Phi) is 2.87. The Bertz CT molecular complexity index is 958. The molecule has 0 fully saturated rings. The predicted octanol–water partition coefficient (Wildman–Crippen LogP) is 5.10. The van der Waals surface area contributed by atoms with Crippen LogP contribution in [-0.4, -0.2) is 9.97 Å². The minimum atomic E-state index is -0.237. The van der Waals surface area contributed by atoms with E-state index >= 15 is 0 Å². The van der Waals surface area contributed by atoms with Crippen LogP contribution >= 0.6 is 22.7 Å². The molecule has 0 unspecified atom stereocenters. The fourth-order valence-electron chi connectivity index (χ4n) is 2.19. The molecule has 4 rings (SSSR count). The minimum Gasteiger partial charge on any atom is -0.331 e. The molecule has 0 saturated carbocycles. The standard InChI is InChI=1S/C15H10FN3S2/c1-8-17-11-5-3-10(7-14(11)20-8)18-15-19-12-4-2-9(16)6-13(12)21-15/h2-7H,1H3,(H,18,19). The van der Waals surface area contributed by atoms with Crippen molar-refractivity contribution in [2.24, 2.45) is 0 Å². The molecule has 0 atom stereocenters. The SMILES string of the molecule is Cc1nc2ccc(Nc3nc4ccc(F)cc4s3)cc2s1. The number of thiazole rings is 2. The Labute approximate surface area is 128 Å². The molecule has 0 saturated heterocycles. The van der Waals surface area contributed by atoms with Crippen LogP contribution in [-0.2, 0) is 0 Å². The van der Waals surface area contributed by atoms with Gasteiger partial charge >= 0.3 is 0 Å². The molecule has 2 aromatic heterocycles. The molecule has 0 aliphatic heterocycles. The van der Waals surface area contributed by atoms with E-state index in [4.69, 9.17) is 0 Å². The van der Waals surface area contributed by atoms with Crippen LogP contribution in [0.1, 0.15) is 5.01 Å². The lowest BCUT2D eigenvalue weighted by Crippen LogP contribution is -1.88. The first-order valence-electron chi connectivity index (χ1n) is 6.38. The van der Waals surface area contributed by atoms with Crippen LogP contribution in [0.4, 0.5) is 15.2 Å². The first kappa shape index (κ1) is 12.7. The van der Waals surface area contributed by atoms with Gasteiger partial charge in [0, 0.05) is 5.69 Å². The summed E-state index contributed by atoms with van der Waals surface area (Å²) in [6.45, 7) is 2.00. The van der Waals surface area contributed by atoms with Gasteiger partial charge in [-0.25, -0.2) is 14.4 Å². The summed E-state index contributed by atoms with van der Waals surface area (Å²) in [6, 6.07) is 10.7. The third-order valence-corrected chi connectivity index (χ3v) is 4.96. The zero-order valence-corrected chi connectivity index (χ0v) is 12.7. The predicted molar refractivity (Wildman–Crippen MR) is 87.2 cm³/mol. The Balaban J connectivity index is 1.71. The van der Waals surface area contributed by atoms with Crippen LogP contribution < -0.4 is 5.32 Å². The molecule has 0 amide bonds. The fourth-order valence-corrected chi connectivity index (χ4v) is 3.97. The van der Waals surface area contributed by atoms with Gasteiger partial charge in [0.1, 0.15) is 5.82 Å². The summed E-state index contributed by atoms with van der Waals surface area (Å²) in [5.41, 5.74) is 2.78. The molecular formula is C15H10FN3S2. The molecule has 0 radical (unpaired) electrons. The fraction of sp³-hybridized carbons (Fsp3) is 0.0667. The third kappa shape index (κ3) is 2.36. The molecule has 21 heavy (non-hydrogen) atoms. The lowest BCUT2D eigenvalue weighted by atomic mass is 10.3. The summed E-state index contributed by atoms with van der Waals surface area (Å²) < 4.78 is 15.2. The van der Waals surface area contributed by atoms with Gasteiger partial charge in [0.15, 0.2) is 5.13 Å². The molecule has 2 heterocycles. The van der Waals surface area contributed by atoms with Crippen LogP contribution in [0.3, 0.4) is 0 Å². The van der Waals surface area contributed by atoms with Crippen LogP contribution in [0.2, 0.25) is 0 Å². The van der Waals surface area contributed by atoms with E-state index in [2.05, 4.69) is 21.4 Å². The lowest BCUT2D eigenvalue weighted by Gasteiger charge is -2.01. The Morgan fingerprint density at radius 1 is 0.952 bits per heavy atom. The number of hydrogen-bond acceptors (Lipinski definition) is 5. The van der Waals surface area contributed by atoms with Crippen molar-refractivity contribution < 1.29 is 4.39 Å². The molecule has 0 aliphatic carbocycles.